The molecule has 21 heavy (non-hydrogen) atoms. The van der Waals surface area contributed by atoms with E-state index in [0.29, 0.717) is 17.9 Å². The molecule has 122 valence electrons. The van der Waals surface area contributed by atoms with E-state index in [4.69, 9.17) is 0 Å². The van der Waals surface area contributed by atoms with Gasteiger partial charge in [-0.2, -0.15) is 0 Å². The third-order valence-electron chi connectivity index (χ3n) is 5.58. The molecule has 3 atom stereocenters. The maximum atomic E-state index is 12.6. The van der Waals surface area contributed by atoms with Crippen LogP contribution in [0.5, 0.6) is 0 Å². The number of hydrogen-bond donors (Lipinski definition) is 1. The van der Waals surface area contributed by atoms with Crippen molar-refractivity contribution in [2.45, 2.75) is 77.5 Å². The van der Waals surface area contributed by atoms with Gasteiger partial charge in [-0.15, -0.1) is 0 Å². The predicted octanol–water partition coefficient (Wildman–Crippen LogP) is 2.44. The highest BCUT2D eigenvalue weighted by atomic mass is 16.2. The zero-order valence-corrected chi connectivity index (χ0v) is 14.3. The Kier molecular flexibility index (Phi) is 6.06. The third kappa shape index (κ3) is 3.78. The van der Waals surface area contributed by atoms with E-state index in [1.54, 1.807) is 0 Å². The van der Waals surface area contributed by atoms with Crippen molar-refractivity contribution < 1.29 is 4.79 Å². The predicted molar refractivity (Wildman–Crippen MR) is 87.1 cm³/mol. The van der Waals surface area contributed by atoms with E-state index in [9.17, 15) is 4.79 Å². The van der Waals surface area contributed by atoms with Crippen LogP contribution in [-0.4, -0.2) is 54.1 Å². The summed E-state index contributed by atoms with van der Waals surface area (Å²) >= 11 is 0. The van der Waals surface area contributed by atoms with Crippen LogP contribution in [0.25, 0.3) is 0 Å². The summed E-state index contributed by atoms with van der Waals surface area (Å²) in [6.45, 7) is 8.42. The monoisotopic (exact) mass is 295 g/mol. The SMILES string of the molecule is CCC1NC(C2CCCC2)N(CCN(C)C(C)CC)C1=O. The molecule has 1 N–H and O–H groups in total. The summed E-state index contributed by atoms with van der Waals surface area (Å²) < 4.78 is 0. The summed E-state index contributed by atoms with van der Waals surface area (Å²) in [5.74, 6) is 0.992. The Labute approximate surface area is 130 Å². The van der Waals surface area contributed by atoms with Crippen molar-refractivity contribution >= 4 is 5.91 Å². The largest absolute Gasteiger partial charge is 0.324 e. The minimum atomic E-state index is 0.0458. The summed E-state index contributed by atoms with van der Waals surface area (Å²) in [5, 5.41) is 3.61. The van der Waals surface area contributed by atoms with E-state index < -0.39 is 0 Å². The average molecular weight is 295 g/mol. The van der Waals surface area contributed by atoms with Crippen molar-refractivity contribution in [1.82, 2.24) is 15.1 Å². The van der Waals surface area contributed by atoms with E-state index >= 15 is 0 Å². The standard InChI is InChI=1S/C17H33N3O/c1-5-13(3)19(4)11-12-20-16(14-9-7-8-10-14)18-15(6-2)17(20)21/h13-16,18H,5-12H2,1-4H3. The fraction of sp³-hybridized carbons (Fsp3) is 0.941. The van der Waals surface area contributed by atoms with Gasteiger partial charge in [-0.1, -0.05) is 26.7 Å². The molecule has 2 aliphatic rings. The van der Waals surface area contributed by atoms with Crippen LogP contribution in [0.3, 0.4) is 0 Å². The van der Waals surface area contributed by atoms with E-state index in [0.717, 1.165) is 25.9 Å². The van der Waals surface area contributed by atoms with Crippen LogP contribution in [0.1, 0.15) is 59.3 Å². The molecule has 0 bridgehead atoms. The minimum Gasteiger partial charge on any atom is -0.324 e. The Balaban J connectivity index is 1.97. The molecule has 1 saturated heterocycles. The van der Waals surface area contributed by atoms with Gasteiger partial charge in [0.1, 0.15) is 0 Å². The number of rotatable bonds is 7. The van der Waals surface area contributed by atoms with Gasteiger partial charge < -0.3 is 9.80 Å². The number of nitrogens with zero attached hydrogens (tertiary/aromatic N) is 2. The van der Waals surface area contributed by atoms with E-state index in [2.05, 4.69) is 42.9 Å². The zero-order chi connectivity index (χ0) is 15.4. The molecule has 2 fully saturated rings. The maximum Gasteiger partial charge on any atom is 0.241 e. The smallest absolute Gasteiger partial charge is 0.241 e. The molecule has 0 aromatic rings. The number of carbonyl (C=O) groups is 1. The van der Waals surface area contributed by atoms with Gasteiger partial charge in [0.05, 0.1) is 12.2 Å². The first-order valence-electron chi connectivity index (χ1n) is 8.85. The average Bonchev–Trinajstić information content (AvgIpc) is 3.11. The Hall–Kier alpha value is -0.610. The van der Waals surface area contributed by atoms with Gasteiger partial charge in [-0.25, -0.2) is 0 Å². The van der Waals surface area contributed by atoms with Gasteiger partial charge in [0.15, 0.2) is 0 Å². The van der Waals surface area contributed by atoms with E-state index in [-0.39, 0.29) is 12.2 Å². The Morgan fingerprint density at radius 3 is 2.57 bits per heavy atom. The van der Waals surface area contributed by atoms with Gasteiger partial charge in [0, 0.05) is 19.1 Å². The van der Waals surface area contributed by atoms with Crippen molar-refractivity contribution in [2.75, 3.05) is 20.1 Å². The Morgan fingerprint density at radius 2 is 2.00 bits per heavy atom. The van der Waals surface area contributed by atoms with Crippen LogP contribution in [0, 0.1) is 5.92 Å². The second-order valence-electron chi connectivity index (χ2n) is 6.89. The highest BCUT2D eigenvalue weighted by molar-refractivity contribution is 5.84. The van der Waals surface area contributed by atoms with Crippen LogP contribution >= 0.6 is 0 Å². The molecule has 4 heteroatoms. The Bertz CT molecular complexity index is 341. The molecule has 1 heterocycles. The summed E-state index contributed by atoms with van der Waals surface area (Å²) in [7, 11) is 2.17. The van der Waals surface area contributed by atoms with Gasteiger partial charge in [-0.3, -0.25) is 10.1 Å². The topological polar surface area (TPSA) is 35.6 Å². The van der Waals surface area contributed by atoms with Crippen LogP contribution in [0.4, 0.5) is 0 Å². The van der Waals surface area contributed by atoms with E-state index in [1.165, 1.54) is 25.7 Å². The lowest BCUT2D eigenvalue weighted by Crippen LogP contribution is -2.46. The van der Waals surface area contributed by atoms with Crippen molar-refractivity contribution in [1.29, 1.82) is 0 Å². The summed E-state index contributed by atoms with van der Waals surface area (Å²) in [6, 6.07) is 0.632. The quantitative estimate of drug-likeness (QED) is 0.783. The molecule has 0 spiro atoms. The van der Waals surface area contributed by atoms with Crippen LogP contribution in [-0.2, 0) is 4.79 Å². The minimum absolute atomic E-state index is 0.0458. The van der Waals surface area contributed by atoms with E-state index in [1.807, 2.05) is 0 Å². The Morgan fingerprint density at radius 1 is 1.33 bits per heavy atom. The van der Waals surface area contributed by atoms with Gasteiger partial charge in [0.25, 0.3) is 0 Å². The van der Waals surface area contributed by atoms with Crippen molar-refractivity contribution in [3.8, 4) is 0 Å². The lowest BCUT2D eigenvalue weighted by atomic mass is 10.0. The lowest BCUT2D eigenvalue weighted by molar-refractivity contribution is -0.130. The zero-order valence-electron chi connectivity index (χ0n) is 14.3. The first kappa shape index (κ1) is 16.8. The van der Waals surface area contributed by atoms with Gasteiger partial charge >= 0.3 is 0 Å². The molecule has 1 aliphatic heterocycles. The first-order valence-corrected chi connectivity index (χ1v) is 8.85. The fourth-order valence-corrected chi connectivity index (χ4v) is 3.71. The van der Waals surface area contributed by atoms with Gasteiger partial charge in [0.2, 0.25) is 5.91 Å². The molecule has 1 amide bonds. The summed E-state index contributed by atoms with van der Waals surface area (Å²) in [5.41, 5.74) is 0. The number of hydrogen-bond acceptors (Lipinski definition) is 3. The molecule has 3 unspecified atom stereocenters. The lowest BCUT2D eigenvalue weighted by Gasteiger charge is -2.32. The summed E-state index contributed by atoms with van der Waals surface area (Å²) in [4.78, 5) is 17.1. The second-order valence-corrected chi connectivity index (χ2v) is 6.89. The molecule has 0 radical (unpaired) electrons. The highest BCUT2D eigenvalue weighted by Crippen LogP contribution is 2.32. The molecule has 0 aromatic carbocycles. The summed E-state index contributed by atoms with van der Waals surface area (Å²) in [6.07, 6.45) is 7.56. The number of amides is 1. The highest BCUT2D eigenvalue weighted by Gasteiger charge is 2.42. The molecule has 0 aromatic heterocycles. The van der Waals surface area contributed by atoms with Crippen LogP contribution in [0.15, 0.2) is 0 Å². The maximum absolute atomic E-state index is 12.6. The molecular formula is C17H33N3O. The van der Waals surface area contributed by atoms with Crippen LogP contribution < -0.4 is 5.32 Å². The fourth-order valence-electron chi connectivity index (χ4n) is 3.71. The molecule has 1 saturated carbocycles. The molecular weight excluding hydrogens is 262 g/mol. The second kappa shape index (κ2) is 7.59. The number of likely N-dealkylation sites (N-methyl/N-ethyl adjacent to an activating group) is 1. The van der Waals surface area contributed by atoms with Crippen molar-refractivity contribution in [3.05, 3.63) is 0 Å². The normalized spacial score (nSPS) is 28.8. The number of carbonyl (C=O) groups excluding carboxylic acids is 1. The van der Waals surface area contributed by atoms with Crippen molar-refractivity contribution in [3.63, 3.8) is 0 Å². The van der Waals surface area contributed by atoms with Crippen LogP contribution in [0.2, 0.25) is 0 Å². The van der Waals surface area contributed by atoms with Gasteiger partial charge in [-0.05, 0) is 45.6 Å². The molecule has 4 nitrogen and oxygen atoms in total. The third-order valence-corrected chi connectivity index (χ3v) is 5.58. The number of nitrogens with one attached hydrogen (secondary N) is 1. The molecule has 2 rings (SSSR count). The first-order chi connectivity index (χ1) is 10.1. The molecule has 1 aliphatic carbocycles. The van der Waals surface area contributed by atoms with Crippen molar-refractivity contribution in [2.24, 2.45) is 5.92 Å².